The molecule has 5 nitrogen and oxygen atoms in total. The van der Waals surface area contributed by atoms with Gasteiger partial charge in [0.15, 0.2) is 0 Å². The number of nitrogens with one attached hydrogen (secondary N) is 1. The number of amides is 1. The van der Waals surface area contributed by atoms with Gasteiger partial charge in [-0.3, -0.25) is 14.2 Å². The van der Waals surface area contributed by atoms with Gasteiger partial charge in [0.05, 0.1) is 5.52 Å². The van der Waals surface area contributed by atoms with Crippen LogP contribution in [0.15, 0.2) is 36.5 Å². The third kappa shape index (κ3) is 2.13. The highest BCUT2D eigenvalue weighted by atomic mass is 16.2. The number of fused-ring (bicyclic) bond motifs is 4. The molecule has 114 valence electrons. The van der Waals surface area contributed by atoms with Crippen LogP contribution >= 0.6 is 0 Å². The van der Waals surface area contributed by atoms with Crippen LogP contribution < -0.4 is 5.32 Å². The number of hydrogen-bond acceptors (Lipinski definition) is 3. The molecule has 3 aliphatic rings. The number of piperidine rings is 3. The highest BCUT2D eigenvalue weighted by Gasteiger charge is 2.41. The lowest BCUT2D eigenvalue weighted by molar-refractivity contribution is -0.121. The van der Waals surface area contributed by atoms with Gasteiger partial charge in [0.1, 0.15) is 0 Å². The molecule has 5 rings (SSSR count). The smallest absolute Gasteiger partial charge is 0.320 e. The Kier molecular flexibility index (Phi) is 3.04. The van der Waals surface area contributed by atoms with E-state index in [-0.39, 0.29) is 5.54 Å². The van der Waals surface area contributed by atoms with E-state index in [2.05, 4.69) is 10.2 Å². The number of nitrogens with zero attached hydrogens (tertiary/aromatic N) is 2. The number of para-hydroxylation sites is 1. The first-order chi connectivity index (χ1) is 10.7. The summed E-state index contributed by atoms with van der Waals surface area (Å²) in [5.74, 6) is -0.986. The van der Waals surface area contributed by atoms with Gasteiger partial charge in [-0.25, -0.2) is 0 Å². The van der Waals surface area contributed by atoms with Crippen molar-refractivity contribution < 1.29 is 9.59 Å². The summed E-state index contributed by atoms with van der Waals surface area (Å²) < 4.78 is 1.44. The molecule has 3 aliphatic heterocycles. The molecule has 1 aromatic heterocycles. The number of rotatable bonds is 1. The molecular formula is C17H19N3O2. The van der Waals surface area contributed by atoms with E-state index in [0.29, 0.717) is 0 Å². The molecule has 3 saturated heterocycles. The summed E-state index contributed by atoms with van der Waals surface area (Å²) in [5.41, 5.74) is 0.600. The van der Waals surface area contributed by atoms with E-state index in [0.717, 1.165) is 49.8 Å². The van der Waals surface area contributed by atoms with Crippen LogP contribution in [0.25, 0.3) is 10.9 Å². The second kappa shape index (κ2) is 4.95. The molecule has 4 heterocycles. The molecule has 0 spiro atoms. The van der Waals surface area contributed by atoms with Crippen molar-refractivity contribution in [3.05, 3.63) is 36.5 Å². The Hall–Kier alpha value is -2.14. The predicted molar refractivity (Wildman–Crippen MR) is 83.7 cm³/mol. The summed E-state index contributed by atoms with van der Waals surface area (Å²) in [5, 5.41) is 4.00. The first-order valence-corrected chi connectivity index (χ1v) is 7.82. The maximum Gasteiger partial charge on any atom is 0.320 e. The standard InChI is InChI=1S/C17H19N3O2/c21-15(18-17-6-10-19(11-7-17)12-8-17)16(22)20-9-5-13-3-1-2-4-14(13)20/h1-5,9H,6-8,10-12H2,(H,18,21). The molecule has 22 heavy (non-hydrogen) atoms. The SMILES string of the molecule is O=C(NC12CCN(CC1)CC2)C(=O)n1ccc2ccccc21. The second-order valence-corrected chi connectivity index (χ2v) is 6.38. The van der Waals surface area contributed by atoms with Gasteiger partial charge in [0.2, 0.25) is 0 Å². The number of aromatic nitrogens is 1. The van der Waals surface area contributed by atoms with E-state index in [4.69, 9.17) is 0 Å². The molecule has 1 aromatic carbocycles. The minimum atomic E-state index is -0.497. The molecule has 2 bridgehead atoms. The third-order valence-electron chi connectivity index (χ3n) is 5.11. The first-order valence-electron chi connectivity index (χ1n) is 7.82. The number of hydrogen-bond donors (Lipinski definition) is 1. The molecule has 1 N–H and O–H groups in total. The van der Waals surface area contributed by atoms with Gasteiger partial charge >= 0.3 is 11.8 Å². The fourth-order valence-electron chi connectivity index (χ4n) is 3.68. The van der Waals surface area contributed by atoms with E-state index < -0.39 is 11.8 Å². The van der Waals surface area contributed by atoms with E-state index >= 15 is 0 Å². The Balaban J connectivity index is 1.56. The van der Waals surface area contributed by atoms with Gasteiger partial charge in [-0.05, 0) is 31.4 Å². The van der Waals surface area contributed by atoms with Gasteiger partial charge in [0, 0.05) is 36.8 Å². The van der Waals surface area contributed by atoms with Gasteiger partial charge in [-0.1, -0.05) is 18.2 Å². The van der Waals surface area contributed by atoms with Crippen LogP contribution in [-0.4, -0.2) is 46.5 Å². The highest BCUT2D eigenvalue weighted by molar-refractivity contribution is 6.37. The van der Waals surface area contributed by atoms with Gasteiger partial charge in [-0.15, -0.1) is 0 Å². The zero-order valence-corrected chi connectivity index (χ0v) is 12.4. The molecule has 0 aliphatic carbocycles. The minimum absolute atomic E-state index is 0.176. The topological polar surface area (TPSA) is 54.3 Å². The molecule has 0 radical (unpaired) electrons. The maximum atomic E-state index is 12.5. The lowest BCUT2D eigenvalue weighted by Gasteiger charge is -2.48. The lowest BCUT2D eigenvalue weighted by Crippen LogP contribution is -2.62. The Morgan fingerprint density at radius 3 is 2.41 bits per heavy atom. The summed E-state index contributed by atoms with van der Waals surface area (Å²) in [7, 11) is 0. The van der Waals surface area contributed by atoms with Crippen LogP contribution in [0.1, 0.15) is 24.1 Å². The quantitative estimate of drug-likeness (QED) is 0.814. The molecule has 1 amide bonds. The van der Waals surface area contributed by atoms with E-state index in [1.807, 2.05) is 30.3 Å². The lowest BCUT2D eigenvalue weighted by atomic mass is 9.80. The first kappa shape index (κ1) is 13.5. The highest BCUT2D eigenvalue weighted by Crippen LogP contribution is 2.31. The van der Waals surface area contributed by atoms with Crippen LogP contribution in [0.5, 0.6) is 0 Å². The average Bonchev–Trinajstić information content (AvgIpc) is 2.99. The zero-order valence-electron chi connectivity index (χ0n) is 12.4. The summed E-state index contributed by atoms with van der Waals surface area (Å²) in [6.45, 7) is 3.04. The molecule has 0 saturated carbocycles. The molecule has 3 fully saturated rings. The fraction of sp³-hybridized carbons (Fsp3) is 0.412. The van der Waals surface area contributed by atoms with Gasteiger partial charge < -0.3 is 10.2 Å². The normalized spacial score (nSPS) is 27.0. The van der Waals surface area contributed by atoms with Crippen LogP contribution in [0, 0.1) is 0 Å². The van der Waals surface area contributed by atoms with Crippen LogP contribution in [-0.2, 0) is 4.79 Å². The molecule has 0 atom stereocenters. The Morgan fingerprint density at radius 2 is 1.68 bits per heavy atom. The van der Waals surface area contributed by atoms with Crippen molar-refractivity contribution in [3.8, 4) is 0 Å². The Labute approximate surface area is 128 Å². The van der Waals surface area contributed by atoms with Gasteiger partial charge in [-0.2, -0.15) is 0 Å². The fourth-order valence-corrected chi connectivity index (χ4v) is 3.68. The van der Waals surface area contributed by atoms with Crippen LogP contribution in [0.4, 0.5) is 0 Å². The van der Waals surface area contributed by atoms with E-state index in [9.17, 15) is 9.59 Å². The van der Waals surface area contributed by atoms with E-state index in [1.165, 1.54) is 4.57 Å². The van der Waals surface area contributed by atoms with E-state index in [1.54, 1.807) is 6.20 Å². The summed E-state index contributed by atoms with van der Waals surface area (Å²) in [6.07, 6.45) is 4.50. The van der Waals surface area contributed by atoms with Crippen molar-refractivity contribution in [1.82, 2.24) is 14.8 Å². The molecule has 2 aromatic rings. The largest absolute Gasteiger partial charge is 0.342 e. The molecular weight excluding hydrogens is 278 g/mol. The molecule has 5 heteroatoms. The Bertz CT molecular complexity index is 727. The summed E-state index contributed by atoms with van der Waals surface area (Å²) >= 11 is 0. The van der Waals surface area contributed by atoms with Crippen molar-refractivity contribution in [2.75, 3.05) is 19.6 Å². The summed E-state index contributed by atoms with van der Waals surface area (Å²) in [6, 6.07) is 9.45. The third-order valence-corrected chi connectivity index (χ3v) is 5.11. The summed E-state index contributed by atoms with van der Waals surface area (Å²) in [4.78, 5) is 27.4. The number of carbonyl (C=O) groups excluding carboxylic acids is 2. The van der Waals surface area contributed by atoms with Crippen molar-refractivity contribution in [3.63, 3.8) is 0 Å². The average molecular weight is 297 g/mol. The Morgan fingerprint density at radius 1 is 1.00 bits per heavy atom. The zero-order chi connectivity index (χ0) is 15.2. The number of carbonyl (C=O) groups is 2. The predicted octanol–water partition coefficient (Wildman–Crippen LogP) is 1.64. The molecule has 0 unspecified atom stereocenters. The number of benzene rings is 1. The van der Waals surface area contributed by atoms with Crippen molar-refractivity contribution >= 4 is 22.7 Å². The van der Waals surface area contributed by atoms with Crippen LogP contribution in [0.2, 0.25) is 0 Å². The van der Waals surface area contributed by atoms with Crippen LogP contribution in [0.3, 0.4) is 0 Å². The monoisotopic (exact) mass is 297 g/mol. The van der Waals surface area contributed by atoms with Crippen molar-refractivity contribution in [2.24, 2.45) is 0 Å². The van der Waals surface area contributed by atoms with Crippen molar-refractivity contribution in [2.45, 2.75) is 24.8 Å². The van der Waals surface area contributed by atoms with Gasteiger partial charge in [0.25, 0.3) is 0 Å². The second-order valence-electron chi connectivity index (χ2n) is 6.38. The van der Waals surface area contributed by atoms with Crippen molar-refractivity contribution in [1.29, 1.82) is 0 Å². The minimum Gasteiger partial charge on any atom is -0.342 e. The maximum absolute atomic E-state index is 12.5.